The average Bonchev–Trinajstić information content (AvgIpc) is 2.98. The number of carbonyl (C=O) groups is 6. The van der Waals surface area contributed by atoms with Gasteiger partial charge in [0.05, 0.1) is 6.04 Å². The van der Waals surface area contributed by atoms with E-state index in [0.29, 0.717) is 6.42 Å². The predicted octanol–water partition coefficient (Wildman–Crippen LogP) is 3.66. The molecule has 0 aliphatic rings. The normalized spacial score (nSPS) is 15.0. The molecule has 0 aromatic heterocycles. The minimum Gasteiger partial charge on any atom is -0.459 e. The van der Waals surface area contributed by atoms with Crippen molar-refractivity contribution in [2.75, 3.05) is 0 Å². The molecule has 0 radical (unpaired) electrons. The van der Waals surface area contributed by atoms with E-state index in [1.165, 1.54) is 13.8 Å². The molecule has 5 atom stereocenters. The Hall–Kier alpha value is -4.10. The molecule has 0 aliphatic carbocycles. The highest BCUT2D eigenvalue weighted by molar-refractivity contribution is 6.11. The van der Waals surface area contributed by atoms with E-state index in [1.54, 1.807) is 78.8 Å². The van der Waals surface area contributed by atoms with Crippen LogP contribution in [0.5, 0.6) is 0 Å². The molecule has 0 heterocycles. The van der Waals surface area contributed by atoms with Crippen molar-refractivity contribution < 1.29 is 47.0 Å². The Morgan fingerprint density at radius 3 is 1.74 bits per heavy atom. The summed E-state index contributed by atoms with van der Waals surface area (Å²) >= 11 is 0. The number of Topliss-reactive ketones (excluding diaryl/α,β-unsaturated/α-hetero) is 1. The van der Waals surface area contributed by atoms with Gasteiger partial charge in [0.1, 0.15) is 30.3 Å². The summed E-state index contributed by atoms with van der Waals surface area (Å²) in [5.41, 5.74) is -0.148. The van der Waals surface area contributed by atoms with Gasteiger partial charge in [0.25, 0.3) is 5.91 Å². The lowest BCUT2D eigenvalue weighted by Gasteiger charge is -2.29. The number of hydrogen-bond donors (Lipinski definition) is 4. The van der Waals surface area contributed by atoms with Crippen LogP contribution >= 0.6 is 0 Å². The van der Waals surface area contributed by atoms with Crippen LogP contribution < -0.4 is 21.3 Å². The molecule has 0 bridgehead atoms. The van der Waals surface area contributed by atoms with Gasteiger partial charge in [-0.2, -0.15) is 8.78 Å². The zero-order chi connectivity index (χ0) is 36.3. The van der Waals surface area contributed by atoms with E-state index in [9.17, 15) is 28.8 Å². The topological polar surface area (TPSA) is 169 Å². The fraction of sp³-hybridized carbons (Fsp3) is 0.636. The van der Waals surface area contributed by atoms with Crippen molar-refractivity contribution in [3.63, 3.8) is 0 Å². The number of esters is 1. The Labute approximate surface area is 275 Å². The number of amides is 4. The van der Waals surface area contributed by atoms with Crippen LogP contribution in [0.15, 0.2) is 30.3 Å². The van der Waals surface area contributed by atoms with E-state index >= 15 is 8.78 Å². The van der Waals surface area contributed by atoms with Crippen molar-refractivity contribution in [1.29, 1.82) is 0 Å². The third-order valence-corrected chi connectivity index (χ3v) is 7.19. The highest BCUT2D eigenvalue weighted by atomic mass is 19.3. The summed E-state index contributed by atoms with van der Waals surface area (Å²) in [4.78, 5) is 76.8. The van der Waals surface area contributed by atoms with Crippen LogP contribution in [0.4, 0.5) is 13.6 Å². The maximum absolute atomic E-state index is 15.2. The summed E-state index contributed by atoms with van der Waals surface area (Å²) in [6.45, 7) is 15.4. The molecular formula is C33H50F2N4O8. The largest absolute Gasteiger partial charge is 0.459 e. The Kier molecular flexibility index (Phi) is 15.4. The van der Waals surface area contributed by atoms with Gasteiger partial charge in [0, 0.05) is 0 Å². The molecule has 1 aromatic carbocycles. The van der Waals surface area contributed by atoms with Gasteiger partial charge in [-0.1, -0.05) is 78.3 Å². The average molecular weight is 669 g/mol. The number of nitrogens with one attached hydrogen (secondary N) is 4. The smallest absolute Gasteiger partial charge is 0.408 e. The molecule has 0 aliphatic heterocycles. The summed E-state index contributed by atoms with van der Waals surface area (Å²) in [6.07, 6.45) is -0.460. The van der Waals surface area contributed by atoms with Gasteiger partial charge >= 0.3 is 18.0 Å². The summed E-state index contributed by atoms with van der Waals surface area (Å²) in [6, 6.07) is 3.06. The number of benzene rings is 1. The molecule has 264 valence electrons. The maximum atomic E-state index is 15.2. The van der Waals surface area contributed by atoms with Crippen LogP contribution in [0.2, 0.25) is 0 Å². The summed E-state index contributed by atoms with van der Waals surface area (Å²) in [7, 11) is 0. The first-order valence-electron chi connectivity index (χ1n) is 15.7. The van der Waals surface area contributed by atoms with Gasteiger partial charge in [-0.3, -0.25) is 19.2 Å². The lowest BCUT2D eigenvalue weighted by atomic mass is 9.96. The number of ketones is 1. The van der Waals surface area contributed by atoms with E-state index in [0.717, 1.165) is 12.5 Å². The van der Waals surface area contributed by atoms with Crippen LogP contribution in [-0.2, 0) is 40.1 Å². The van der Waals surface area contributed by atoms with Gasteiger partial charge in [0.15, 0.2) is 0 Å². The van der Waals surface area contributed by atoms with Gasteiger partial charge in [-0.05, 0) is 51.0 Å². The second-order valence-electron chi connectivity index (χ2n) is 13.2. The van der Waals surface area contributed by atoms with E-state index in [1.807, 2.05) is 5.32 Å². The highest BCUT2D eigenvalue weighted by Gasteiger charge is 2.51. The summed E-state index contributed by atoms with van der Waals surface area (Å²) < 4.78 is 40.9. The molecule has 4 N–H and O–H groups in total. The standard InChI is InChI=1S/C33H50F2N4O8/c1-11-20(6)25(29(43)46-17-22-15-13-12-14-16-22)37-28(42)23(18(2)3)38-30(44)33(34,35)26(40)21(7)36-27(41)24(19(4)5)39-31(45)47-32(8,9)10/h12-16,18-21,23-25H,11,17H2,1-10H3,(H,36,41)(H,37,42)(H,38,44)(H,39,45)/t20?,21-,23-,24-,25-/m0/s1. The van der Waals surface area contributed by atoms with Crippen LogP contribution in [0.25, 0.3) is 0 Å². The van der Waals surface area contributed by atoms with Gasteiger partial charge in [0.2, 0.25) is 17.6 Å². The number of ether oxygens (including phenoxy) is 2. The van der Waals surface area contributed by atoms with E-state index in [-0.39, 0.29) is 6.61 Å². The number of rotatable bonds is 16. The third kappa shape index (κ3) is 12.9. The molecule has 0 spiro atoms. The summed E-state index contributed by atoms with van der Waals surface area (Å²) in [5.74, 6) is -12.9. The van der Waals surface area contributed by atoms with E-state index in [2.05, 4.69) is 16.0 Å². The molecule has 47 heavy (non-hydrogen) atoms. The zero-order valence-electron chi connectivity index (χ0n) is 28.9. The first-order valence-corrected chi connectivity index (χ1v) is 15.7. The predicted molar refractivity (Wildman–Crippen MR) is 170 cm³/mol. The van der Waals surface area contributed by atoms with Crippen LogP contribution in [-0.4, -0.2) is 71.3 Å². The minimum atomic E-state index is -4.66. The molecule has 1 rings (SSSR count). The number of alkyl carbamates (subject to hydrolysis) is 1. The first-order chi connectivity index (χ1) is 21.6. The Morgan fingerprint density at radius 2 is 1.26 bits per heavy atom. The second kappa shape index (κ2) is 17.7. The molecule has 14 heteroatoms. The van der Waals surface area contributed by atoms with Crippen LogP contribution in [0.1, 0.15) is 81.2 Å². The summed E-state index contributed by atoms with van der Waals surface area (Å²) in [5, 5.41) is 8.92. The maximum Gasteiger partial charge on any atom is 0.408 e. The number of halogens is 2. The van der Waals surface area contributed by atoms with Gasteiger partial charge < -0.3 is 30.7 Å². The monoisotopic (exact) mass is 668 g/mol. The highest BCUT2D eigenvalue weighted by Crippen LogP contribution is 2.20. The molecule has 4 amide bonds. The van der Waals surface area contributed by atoms with Crippen molar-refractivity contribution in [3.05, 3.63) is 35.9 Å². The van der Waals surface area contributed by atoms with E-state index in [4.69, 9.17) is 9.47 Å². The van der Waals surface area contributed by atoms with Crippen molar-refractivity contribution in [1.82, 2.24) is 21.3 Å². The Morgan fingerprint density at radius 1 is 0.745 bits per heavy atom. The first kappa shape index (κ1) is 40.9. The van der Waals surface area contributed by atoms with Crippen LogP contribution in [0.3, 0.4) is 0 Å². The third-order valence-electron chi connectivity index (χ3n) is 7.19. The molecule has 0 saturated heterocycles. The number of alkyl halides is 2. The fourth-order valence-electron chi connectivity index (χ4n) is 4.22. The van der Waals surface area contributed by atoms with Crippen LogP contribution in [0, 0.1) is 17.8 Å². The number of hydrogen-bond acceptors (Lipinski definition) is 8. The van der Waals surface area contributed by atoms with Crippen molar-refractivity contribution in [2.24, 2.45) is 17.8 Å². The molecule has 1 aromatic rings. The molecule has 0 saturated carbocycles. The number of carbonyl (C=O) groups excluding carboxylic acids is 6. The fourth-order valence-corrected chi connectivity index (χ4v) is 4.22. The van der Waals surface area contributed by atoms with Crippen molar-refractivity contribution in [2.45, 2.75) is 118 Å². The lowest BCUT2D eigenvalue weighted by Crippen LogP contribution is -2.61. The molecular weight excluding hydrogens is 618 g/mol. The quantitative estimate of drug-likeness (QED) is 0.153. The van der Waals surface area contributed by atoms with Gasteiger partial charge in [-0.15, -0.1) is 0 Å². The SMILES string of the molecule is CCC(C)[C@H](NC(=O)[C@@H](NC(=O)C(F)(F)C(=O)[C@H](C)NC(=O)[C@@H](NC(=O)OC(C)(C)C)C(C)C)C(C)C)C(=O)OCc1ccccc1. The second-order valence-corrected chi connectivity index (χ2v) is 13.2. The molecule has 0 fully saturated rings. The molecule has 1 unspecified atom stereocenters. The lowest BCUT2D eigenvalue weighted by molar-refractivity contribution is -0.161. The van der Waals surface area contributed by atoms with E-state index < -0.39 is 89.0 Å². The Balaban J connectivity index is 3.01. The van der Waals surface area contributed by atoms with Crippen molar-refractivity contribution in [3.8, 4) is 0 Å². The minimum absolute atomic E-state index is 0.0507. The van der Waals surface area contributed by atoms with Gasteiger partial charge in [-0.25, -0.2) is 9.59 Å². The Bertz CT molecular complexity index is 1250. The van der Waals surface area contributed by atoms with Crippen molar-refractivity contribution >= 4 is 35.6 Å². The zero-order valence-corrected chi connectivity index (χ0v) is 28.9. The molecule has 12 nitrogen and oxygen atoms in total.